The zero-order valence-corrected chi connectivity index (χ0v) is 14.6. The number of hydrogen-bond acceptors (Lipinski definition) is 6. The highest BCUT2D eigenvalue weighted by molar-refractivity contribution is 5.82. The molecule has 0 aromatic rings. The fraction of sp³-hybridized carbons (Fsp3) is 0.588. The number of unbranched alkanes of at least 4 members (excludes halogenated alkanes) is 1. The van der Waals surface area contributed by atoms with Crippen molar-refractivity contribution in [3.8, 4) is 0 Å². The van der Waals surface area contributed by atoms with Crippen LogP contribution in [0.4, 0.5) is 0 Å². The number of fused-ring (bicyclic) bond motifs is 2. The summed E-state index contributed by atoms with van der Waals surface area (Å²) in [5, 5.41) is 5.45. The fourth-order valence-electron chi connectivity index (χ4n) is 3.22. The first-order valence-corrected chi connectivity index (χ1v) is 8.47. The van der Waals surface area contributed by atoms with Crippen LogP contribution in [0.5, 0.6) is 0 Å². The molecule has 3 aliphatic heterocycles. The van der Waals surface area contributed by atoms with Gasteiger partial charge in [-0.1, -0.05) is 13.3 Å². The predicted octanol–water partition coefficient (Wildman–Crippen LogP) is 2.22. The molecule has 0 atom stereocenters. The summed E-state index contributed by atoms with van der Waals surface area (Å²) in [4.78, 5) is 14.8. The predicted molar refractivity (Wildman–Crippen MR) is 92.0 cm³/mol. The van der Waals surface area contributed by atoms with E-state index in [1.165, 1.54) is 29.9 Å². The van der Waals surface area contributed by atoms with Crippen LogP contribution in [-0.4, -0.2) is 54.5 Å². The van der Waals surface area contributed by atoms with Crippen LogP contribution in [0.3, 0.4) is 0 Å². The van der Waals surface area contributed by atoms with Crippen molar-refractivity contribution >= 4 is 6.21 Å². The van der Waals surface area contributed by atoms with E-state index in [0.717, 1.165) is 31.0 Å². The maximum absolute atomic E-state index is 5.36. The topological polar surface area (TPSA) is 43.3 Å². The smallest absolute Gasteiger partial charge is 0.139 e. The quantitative estimate of drug-likeness (QED) is 0.761. The highest BCUT2D eigenvalue weighted by Crippen LogP contribution is 2.35. The molecule has 0 saturated carbocycles. The highest BCUT2D eigenvalue weighted by Gasteiger charge is 2.35. The Kier molecular flexibility index (Phi) is 4.61. The third-order valence-electron chi connectivity index (χ3n) is 4.50. The lowest BCUT2D eigenvalue weighted by Gasteiger charge is -2.40. The van der Waals surface area contributed by atoms with E-state index in [9.17, 15) is 0 Å². The van der Waals surface area contributed by atoms with E-state index in [-0.39, 0.29) is 0 Å². The van der Waals surface area contributed by atoms with Gasteiger partial charge in [0.15, 0.2) is 0 Å². The lowest BCUT2D eigenvalue weighted by molar-refractivity contribution is -0.0971. The average molecular weight is 317 g/mol. The summed E-state index contributed by atoms with van der Waals surface area (Å²) in [6.45, 7) is 10.2. The van der Waals surface area contributed by atoms with Gasteiger partial charge in [-0.15, -0.1) is 0 Å². The second kappa shape index (κ2) is 6.66. The minimum Gasteiger partial charge on any atom is -0.383 e. The van der Waals surface area contributed by atoms with Gasteiger partial charge in [-0.25, -0.2) is 10.1 Å². The molecule has 6 nitrogen and oxygen atoms in total. The molecule has 0 fully saturated rings. The lowest BCUT2D eigenvalue weighted by atomic mass is 10.1. The Morgan fingerprint density at radius 3 is 2.87 bits per heavy atom. The Hall–Kier alpha value is -1.95. The average Bonchev–Trinajstić information content (AvgIpc) is 2.99. The third kappa shape index (κ3) is 2.83. The van der Waals surface area contributed by atoms with Crippen molar-refractivity contribution in [3.05, 3.63) is 34.7 Å². The van der Waals surface area contributed by atoms with Crippen LogP contribution >= 0.6 is 0 Å². The summed E-state index contributed by atoms with van der Waals surface area (Å²) in [6.07, 6.45) is 6.30. The van der Waals surface area contributed by atoms with Gasteiger partial charge >= 0.3 is 0 Å². The van der Waals surface area contributed by atoms with E-state index < -0.39 is 0 Å². The molecule has 23 heavy (non-hydrogen) atoms. The Morgan fingerprint density at radius 1 is 1.35 bits per heavy atom. The summed E-state index contributed by atoms with van der Waals surface area (Å²) in [6, 6.07) is 0. The summed E-state index contributed by atoms with van der Waals surface area (Å²) < 4.78 is 0. The molecule has 1 N–H and O–H groups in total. The van der Waals surface area contributed by atoms with Crippen LogP contribution in [0.15, 0.2) is 39.7 Å². The van der Waals surface area contributed by atoms with Gasteiger partial charge in [-0.05, 0) is 25.8 Å². The van der Waals surface area contributed by atoms with Gasteiger partial charge in [0.2, 0.25) is 0 Å². The van der Waals surface area contributed by atoms with Crippen LogP contribution in [-0.2, 0) is 4.84 Å². The molecular weight excluding hydrogens is 290 g/mol. The molecule has 6 heteroatoms. The van der Waals surface area contributed by atoms with Crippen molar-refractivity contribution in [2.24, 2.45) is 4.99 Å². The van der Waals surface area contributed by atoms with Gasteiger partial charge in [0.05, 0.1) is 30.9 Å². The largest absolute Gasteiger partial charge is 0.383 e. The van der Waals surface area contributed by atoms with E-state index in [1.54, 1.807) is 7.11 Å². The minimum atomic E-state index is 0.703. The van der Waals surface area contributed by atoms with E-state index in [0.29, 0.717) is 6.67 Å². The van der Waals surface area contributed by atoms with Crippen molar-refractivity contribution in [1.82, 2.24) is 20.2 Å². The molecule has 0 bridgehead atoms. The molecule has 126 valence electrons. The maximum Gasteiger partial charge on any atom is 0.139 e. The number of likely N-dealkylation sites (N-methyl/N-ethyl adjacent to an activating group) is 1. The fourth-order valence-corrected chi connectivity index (χ4v) is 3.22. The van der Waals surface area contributed by atoms with Crippen LogP contribution in [0, 0.1) is 0 Å². The number of nitrogens with one attached hydrogen (secondary N) is 1. The summed E-state index contributed by atoms with van der Waals surface area (Å²) in [5.41, 5.74) is 4.69. The van der Waals surface area contributed by atoms with Crippen molar-refractivity contribution in [1.29, 1.82) is 0 Å². The molecule has 0 aliphatic carbocycles. The number of hydroxylamine groups is 2. The standard InChI is InChI=1S/C17H27N5O/c1-5-7-8-18-15-13(3)10-20(6-2)17-16(15)19-9-14-11-21(23-4)12-22(14)17/h9,11,18H,5-8,10,12H2,1-4H3. The number of nitrogens with zero attached hydrogens (tertiary/aromatic N) is 4. The first-order valence-electron chi connectivity index (χ1n) is 8.47. The molecule has 0 unspecified atom stereocenters. The lowest BCUT2D eigenvalue weighted by Crippen LogP contribution is -2.43. The van der Waals surface area contributed by atoms with E-state index in [4.69, 9.17) is 9.83 Å². The van der Waals surface area contributed by atoms with Gasteiger partial charge in [-0.3, -0.25) is 4.84 Å². The molecule has 3 rings (SSSR count). The van der Waals surface area contributed by atoms with Crippen LogP contribution in [0.1, 0.15) is 33.6 Å². The summed E-state index contributed by atoms with van der Waals surface area (Å²) in [5.74, 6) is 1.19. The Bertz CT molecular complexity index is 590. The van der Waals surface area contributed by atoms with Crippen molar-refractivity contribution in [2.45, 2.75) is 33.6 Å². The Labute approximate surface area is 138 Å². The van der Waals surface area contributed by atoms with Crippen molar-refractivity contribution < 1.29 is 4.84 Å². The van der Waals surface area contributed by atoms with Crippen molar-refractivity contribution in [2.75, 3.05) is 33.4 Å². The number of aliphatic imine (C=N–C) groups is 1. The second-order valence-corrected chi connectivity index (χ2v) is 6.10. The molecule has 3 aliphatic rings. The Balaban J connectivity index is 1.94. The zero-order valence-electron chi connectivity index (χ0n) is 14.6. The molecule has 0 spiro atoms. The van der Waals surface area contributed by atoms with Gasteiger partial charge in [0.25, 0.3) is 0 Å². The van der Waals surface area contributed by atoms with Gasteiger partial charge < -0.3 is 15.1 Å². The molecule has 0 amide bonds. The minimum absolute atomic E-state index is 0.703. The molecule has 0 saturated heterocycles. The zero-order chi connectivity index (χ0) is 16.4. The number of allylic oxidation sites excluding steroid dienone is 1. The maximum atomic E-state index is 5.36. The third-order valence-corrected chi connectivity index (χ3v) is 4.50. The van der Waals surface area contributed by atoms with Gasteiger partial charge in [-0.2, -0.15) is 0 Å². The first kappa shape index (κ1) is 15.9. The molecule has 0 aromatic heterocycles. The molecular formula is C17H27N5O. The summed E-state index contributed by atoms with van der Waals surface area (Å²) in [7, 11) is 1.70. The number of rotatable bonds is 6. The Morgan fingerprint density at radius 2 is 2.17 bits per heavy atom. The van der Waals surface area contributed by atoms with Crippen molar-refractivity contribution in [3.63, 3.8) is 0 Å². The normalized spacial score (nSPS) is 20.2. The van der Waals surface area contributed by atoms with E-state index in [2.05, 4.69) is 35.9 Å². The van der Waals surface area contributed by atoms with Crippen LogP contribution in [0.2, 0.25) is 0 Å². The molecule has 0 radical (unpaired) electrons. The monoisotopic (exact) mass is 317 g/mol. The SMILES string of the molecule is CCCCNC1=C(C)CN(CC)C2=C1N=CC1=CN(OC)CN12. The van der Waals surface area contributed by atoms with Gasteiger partial charge in [0, 0.05) is 19.6 Å². The summed E-state index contributed by atoms with van der Waals surface area (Å²) >= 11 is 0. The second-order valence-electron chi connectivity index (χ2n) is 6.10. The van der Waals surface area contributed by atoms with E-state index >= 15 is 0 Å². The number of hydrogen-bond donors (Lipinski definition) is 1. The molecule has 3 heterocycles. The van der Waals surface area contributed by atoms with E-state index in [1.807, 2.05) is 17.5 Å². The first-order chi connectivity index (χ1) is 11.2. The van der Waals surface area contributed by atoms with Crippen LogP contribution < -0.4 is 5.32 Å². The van der Waals surface area contributed by atoms with Gasteiger partial charge in [0.1, 0.15) is 18.2 Å². The van der Waals surface area contributed by atoms with Crippen LogP contribution in [0.25, 0.3) is 0 Å². The molecule has 0 aromatic carbocycles. The highest BCUT2D eigenvalue weighted by atomic mass is 16.7.